The number of rotatable bonds is 7. The molecule has 0 atom stereocenters. The van der Waals surface area contributed by atoms with Crippen LogP contribution in [-0.2, 0) is 16.2 Å². The van der Waals surface area contributed by atoms with Gasteiger partial charge in [-0.15, -0.1) is 0 Å². The Kier molecular flexibility index (Phi) is 7.80. The summed E-state index contributed by atoms with van der Waals surface area (Å²) in [6.07, 6.45) is 4.62. The zero-order valence-corrected chi connectivity index (χ0v) is 20.4. The summed E-state index contributed by atoms with van der Waals surface area (Å²) in [6.45, 7) is 1.37. The van der Waals surface area contributed by atoms with Crippen molar-refractivity contribution < 1.29 is 23.9 Å². The summed E-state index contributed by atoms with van der Waals surface area (Å²) < 4.78 is 11.3. The molecule has 0 saturated carbocycles. The monoisotopic (exact) mass is 500 g/mol. The Bertz CT molecular complexity index is 1130. The van der Waals surface area contributed by atoms with Gasteiger partial charge in [-0.3, -0.25) is 19.3 Å². The Morgan fingerprint density at radius 3 is 2.59 bits per heavy atom. The Hall–Kier alpha value is -2.97. The van der Waals surface area contributed by atoms with Crippen LogP contribution in [0, 0.1) is 0 Å². The number of ether oxygens (including phenoxy) is 2. The number of amides is 3. The smallest absolute Gasteiger partial charge is 0.294 e. The molecule has 34 heavy (non-hydrogen) atoms. The van der Waals surface area contributed by atoms with Gasteiger partial charge < -0.3 is 14.4 Å². The first-order chi connectivity index (χ1) is 16.5. The zero-order valence-electron chi connectivity index (χ0n) is 18.8. The first-order valence-electron chi connectivity index (χ1n) is 11.0. The van der Waals surface area contributed by atoms with E-state index in [4.69, 9.17) is 21.1 Å². The lowest BCUT2D eigenvalue weighted by Crippen LogP contribution is -2.44. The van der Waals surface area contributed by atoms with Crippen molar-refractivity contribution in [1.29, 1.82) is 0 Å². The lowest BCUT2D eigenvalue weighted by Gasteiger charge is -2.27. The summed E-state index contributed by atoms with van der Waals surface area (Å²) in [6, 6.07) is 12.6. The van der Waals surface area contributed by atoms with Gasteiger partial charge in [0.2, 0.25) is 5.91 Å². The molecule has 7 nitrogen and oxygen atoms in total. The molecule has 0 N–H and O–H groups in total. The molecule has 2 fully saturated rings. The van der Waals surface area contributed by atoms with Gasteiger partial charge in [-0.05, 0) is 60.9 Å². The highest BCUT2D eigenvalue weighted by Gasteiger charge is 2.37. The number of hydrogen-bond acceptors (Lipinski definition) is 6. The number of carbonyl (C=O) groups is 3. The minimum atomic E-state index is -0.463. The van der Waals surface area contributed by atoms with Crippen LogP contribution in [0.25, 0.3) is 6.08 Å². The van der Waals surface area contributed by atoms with E-state index in [-0.39, 0.29) is 24.0 Å². The number of nitrogens with zero attached hydrogens (tertiary/aromatic N) is 2. The van der Waals surface area contributed by atoms with E-state index >= 15 is 0 Å². The Morgan fingerprint density at radius 2 is 1.85 bits per heavy atom. The van der Waals surface area contributed by atoms with Gasteiger partial charge in [0.25, 0.3) is 11.1 Å². The van der Waals surface area contributed by atoms with Gasteiger partial charge in [-0.2, -0.15) is 0 Å². The third-order valence-corrected chi connectivity index (χ3v) is 6.98. The van der Waals surface area contributed by atoms with Crippen molar-refractivity contribution in [2.75, 3.05) is 26.7 Å². The van der Waals surface area contributed by atoms with E-state index in [2.05, 4.69) is 0 Å². The Labute approximate surface area is 207 Å². The third-order valence-electron chi connectivity index (χ3n) is 5.70. The van der Waals surface area contributed by atoms with Gasteiger partial charge in [0, 0.05) is 23.7 Å². The van der Waals surface area contributed by atoms with Gasteiger partial charge in [0.1, 0.15) is 13.2 Å². The zero-order chi connectivity index (χ0) is 24.1. The fourth-order valence-corrected chi connectivity index (χ4v) is 4.86. The molecule has 2 aromatic rings. The highest BCUT2D eigenvalue weighted by Crippen LogP contribution is 2.35. The molecule has 2 aromatic carbocycles. The van der Waals surface area contributed by atoms with Crippen LogP contribution in [0.2, 0.25) is 5.02 Å². The maximum atomic E-state index is 12.9. The molecular weight excluding hydrogens is 476 g/mol. The average Bonchev–Trinajstić information content (AvgIpc) is 3.11. The van der Waals surface area contributed by atoms with Crippen LogP contribution in [0.5, 0.6) is 11.5 Å². The number of imide groups is 1. The maximum absolute atomic E-state index is 12.9. The first kappa shape index (κ1) is 24.2. The molecule has 178 valence electrons. The second kappa shape index (κ2) is 11.0. The number of methoxy groups -OCH3 is 1. The van der Waals surface area contributed by atoms with Crippen LogP contribution in [0.4, 0.5) is 4.79 Å². The van der Waals surface area contributed by atoms with E-state index in [9.17, 15) is 14.4 Å². The van der Waals surface area contributed by atoms with E-state index in [1.54, 1.807) is 42.4 Å². The van der Waals surface area contributed by atoms with E-state index < -0.39 is 11.1 Å². The van der Waals surface area contributed by atoms with Crippen molar-refractivity contribution in [1.82, 2.24) is 9.80 Å². The summed E-state index contributed by atoms with van der Waals surface area (Å²) in [5.41, 5.74) is 1.50. The summed E-state index contributed by atoms with van der Waals surface area (Å²) in [5.74, 6) is 0.359. The molecule has 9 heteroatoms. The number of likely N-dealkylation sites (tertiary alicyclic amines) is 1. The van der Waals surface area contributed by atoms with Gasteiger partial charge >= 0.3 is 0 Å². The van der Waals surface area contributed by atoms with Crippen LogP contribution in [0.3, 0.4) is 0 Å². The topological polar surface area (TPSA) is 76.2 Å². The highest BCUT2D eigenvalue weighted by atomic mass is 35.5. The molecule has 2 saturated heterocycles. The second-order valence-electron chi connectivity index (χ2n) is 8.00. The minimum Gasteiger partial charge on any atom is -0.493 e. The number of halogens is 1. The molecule has 3 amide bonds. The number of hydrogen-bond donors (Lipinski definition) is 0. The maximum Gasteiger partial charge on any atom is 0.294 e. The van der Waals surface area contributed by atoms with E-state index in [0.717, 1.165) is 41.5 Å². The van der Waals surface area contributed by atoms with E-state index in [1.165, 1.54) is 0 Å². The third kappa shape index (κ3) is 5.56. The van der Waals surface area contributed by atoms with Gasteiger partial charge in [0.05, 0.1) is 12.0 Å². The lowest BCUT2D eigenvalue weighted by molar-refractivity contribution is -0.136. The van der Waals surface area contributed by atoms with Crippen LogP contribution >= 0.6 is 23.4 Å². The molecule has 2 aliphatic rings. The van der Waals surface area contributed by atoms with Gasteiger partial charge in [0.15, 0.2) is 11.5 Å². The van der Waals surface area contributed by atoms with E-state index in [1.807, 2.05) is 18.2 Å². The average molecular weight is 501 g/mol. The molecule has 0 unspecified atom stereocenters. The quantitative estimate of drug-likeness (QED) is 0.499. The minimum absolute atomic E-state index is 0.192. The van der Waals surface area contributed by atoms with Crippen molar-refractivity contribution in [2.45, 2.75) is 25.9 Å². The second-order valence-corrected chi connectivity index (χ2v) is 9.40. The molecule has 4 rings (SSSR count). The number of carbonyl (C=O) groups excluding carboxylic acids is 3. The van der Waals surface area contributed by atoms with Crippen LogP contribution in [0.1, 0.15) is 30.4 Å². The largest absolute Gasteiger partial charge is 0.493 e. The molecule has 0 aliphatic carbocycles. The van der Waals surface area contributed by atoms with Crippen molar-refractivity contribution in [3.8, 4) is 11.5 Å². The van der Waals surface area contributed by atoms with Crippen LogP contribution in [-0.4, -0.2) is 53.6 Å². The predicted molar refractivity (Wildman–Crippen MR) is 132 cm³/mol. The van der Waals surface area contributed by atoms with Crippen molar-refractivity contribution >= 4 is 46.5 Å². The standard InChI is InChI=1S/C25H25ClN2O5S/c1-32-20-10-9-17(13-21(20)33-16-18-7-3-4-8-19(18)26)14-22-24(30)28(25(31)34-22)15-23(29)27-11-5-2-6-12-27/h3-4,7-10,13-14H,2,5-6,11-12,15-16H2,1H3/b22-14-. The Balaban J connectivity index is 1.48. The van der Waals surface area contributed by atoms with Gasteiger partial charge in [-0.1, -0.05) is 35.9 Å². The van der Waals surface area contributed by atoms with E-state index in [0.29, 0.717) is 35.2 Å². The van der Waals surface area contributed by atoms with Crippen LogP contribution in [0.15, 0.2) is 47.4 Å². The predicted octanol–water partition coefficient (Wildman–Crippen LogP) is 4.98. The molecule has 0 bridgehead atoms. The summed E-state index contributed by atoms with van der Waals surface area (Å²) >= 11 is 7.04. The number of benzene rings is 2. The van der Waals surface area contributed by atoms with Crippen molar-refractivity contribution in [3.63, 3.8) is 0 Å². The van der Waals surface area contributed by atoms with Crippen LogP contribution < -0.4 is 9.47 Å². The molecule has 2 heterocycles. The molecule has 2 aliphatic heterocycles. The normalized spacial score (nSPS) is 17.4. The summed E-state index contributed by atoms with van der Waals surface area (Å²) in [5, 5.41) is 0.163. The molecule has 0 spiro atoms. The molecule has 0 aromatic heterocycles. The summed E-state index contributed by atoms with van der Waals surface area (Å²) in [4.78, 5) is 40.9. The fourth-order valence-electron chi connectivity index (χ4n) is 3.83. The number of thioether (sulfide) groups is 1. The molecule has 0 radical (unpaired) electrons. The highest BCUT2D eigenvalue weighted by molar-refractivity contribution is 8.18. The fraction of sp³-hybridized carbons (Fsp3) is 0.320. The van der Waals surface area contributed by atoms with Gasteiger partial charge in [-0.25, -0.2) is 0 Å². The number of piperidine rings is 1. The lowest BCUT2D eigenvalue weighted by atomic mass is 10.1. The Morgan fingerprint density at radius 1 is 1.09 bits per heavy atom. The van der Waals surface area contributed by atoms with Crippen molar-refractivity contribution in [3.05, 3.63) is 63.5 Å². The SMILES string of the molecule is COc1ccc(/C=C2\SC(=O)N(CC(=O)N3CCCCC3)C2=O)cc1OCc1ccccc1Cl. The summed E-state index contributed by atoms with van der Waals surface area (Å²) in [7, 11) is 1.54. The van der Waals surface area contributed by atoms with Crippen molar-refractivity contribution in [2.24, 2.45) is 0 Å². The molecular formula is C25H25ClN2O5S. The first-order valence-corrected chi connectivity index (χ1v) is 12.2.